The first-order chi connectivity index (χ1) is 10.6. The Morgan fingerprint density at radius 1 is 1.05 bits per heavy atom. The highest BCUT2D eigenvalue weighted by atomic mass is 79.9. The number of rotatable bonds is 3. The smallest absolute Gasteiger partial charge is 0.251 e. The molecule has 1 heterocycles. The van der Waals surface area contributed by atoms with Crippen molar-refractivity contribution in [3.8, 4) is 0 Å². The number of nitrogens with one attached hydrogen (secondary N) is 3. The zero-order valence-electron chi connectivity index (χ0n) is 12.2. The average molecular weight is 360 g/mol. The van der Waals surface area contributed by atoms with Gasteiger partial charge in [0.05, 0.1) is 12.1 Å². The second-order valence-electron chi connectivity index (χ2n) is 5.47. The standard InChI is InChI=1S/C17H18BrN3O/c1-11-15(19-17(22)13-5-3-2-4-6-13)16(21-20-11)12-7-9-14(18)10-8-12/h2-11,15-16,20-21H,1H3,(H,19,22). The molecule has 0 aliphatic carbocycles. The molecule has 1 fully saturated rings. The number of hydrazine groups is 1. The van der Waals surface area contributed by atoms with Crippen LogP contribution in [0.25, 0.3) is 0 Å². The lowest BCUT2D eigenvalue weighted by atomic mass is 9.97. The number of carbonyl (C=O) groups is 1. The van der Waals surface area contributed by atoms with Gasteiger partial charge in [-0.1, -0.05) is 46.3 Å². The summed E-state index contributed by atoms with van der Waals surface area (Å²) in [5.41, 5.74) is 8.30. The lowest BCUT2D eigenvalue weighted by molar-refractivity contribution is 0.0930. The molecule has 3 rings (SSSR count). The summed E-state index contributed by atoms with van der Waals surface area (Å²) in [4.78, 5) is 12.4. The molecule has 22 heavy (non-hydrogen) atoms. The third-order valence-electron chi connectivity index (χ3n) is 3.93. The van der Waals surface area contributed by atoms with E-state index in [1.165, 1.54) is 0 Å². The molecule has 0 bridgehead atoms. The van der Waals surface area contributed by atoms with Crippen LogP contribution >= 0.6 is 15.9 Å². The maximum Gasteiger partial charge on any atom is 0.251 e. The van der Waals surface area contributed by atoms with Crippen molar-refractivity contribution in [2.24, 2.45) is 0 Å². The van der Waals surface area contributed by atoms with Crippen molar-refractivity contribution in [1.82, 2.24) is 16.2 Å². The number of hydrogen-bond acceptors (Lipinski definition) is 3. The Morgan fingerprint density at radius 2 is 1.73 bits per heavy atom. The van der Waals surface area contributed by atoms with Crippen molar-refractivity contribution >= 4 is 21.8 Å². The summed E-state index contributed by atoms with van der Waals surface area (Å²) in [6.45, 7) is 2.06. The van der Waals surface area contributed by atoms with Gasteiger partial charge in [-0.15, -0.1) is 0 Å². The first-order valence-electron chi connectivity index (χ1n) is 7.27. The van der Waals surface area contributed by atoms with E-state index in [1.54, 1.807) is 0 Å². The zero-order valence-corrected chi connectivity index (χ0v) is 13.8. The molecule has 4 nitrogen and oxygen atoms in total. The molecule has 5 heteroatoms. The molecule has 1 aliphatic rings. The summed E-state index contributed by atoms with van der Waals surface area (Å²) < 4.78 is 1.04. The molecular weight excluding hydrogens is 342 g/mol. The first kappa shape index (κ1) is 15.2. The minimum Gasteiger partial charge on any atom is -0.346 e. The molecule has 0 spiro atoms. The van der Waals surface area contributed by atoms with Gasteiger partial charge < -0.3 is 5.32 Å². The maximum absolute atomic E-state index is 12.4. The van der Waals surface area contributed by atoms with Gasteiger partial charge in [-0.2, -0.15) is 0 Å². The molecule has 3 N–H and O–H groups in total. The molecule has 0 aromatic heterocycles. The summed E-state index contributed by atoms with van der Waals surface area (Å²) in [5.74, 6) is -0.0509. The Balaban J connectivity index is 1.78. The lowest BCUT2D eigenvalue weighted by Crippen LogP contribution is -2.44. The van der Waals surface area contributed by atoms with Crippen molar-refractivity contribution in [2.75, 3.05) is 0 Å². The van der Waals surface area contributed by atoms with E-state index in [9.17, 15) is 4.79 Å². The van der Waals surface area contributed by atoms with Gasteiger partial charge in [-0.05, 0) is 36.8 Å². The summed E-state index contributed by atoms with van der Waals surface area (Å²) in [6, 6.07) is 17.6. The van der Waals surface area contributed by atoms with Crippen LogP contribution in [0.4, 0.5) is 0 Å². The molecular formula is C17H18BrN3O. The predicted octanol–water partition coefficient (Wildman–Crippen LogP) is 2.79. The number of hydrogen-bond donors (Lipinski definition) is 3. The third kappa shape index (κ3) is 3.21. The Hall–Kier alpha value is -1.69. The molecule has 0 radical (unpaired) electrons. The fourth-order valence-corrected chi connectivity index (χ4v) is 2.95. The van der Waals surface area contributed by atoms with Gasteiger partial charge in [0.25, 0.3) is 5.91 Å². The fraction of sp³-hybridized carbons (Fsp3) is 0.235. The van der Waals surface area contributed by atoms with Crippen molar-refractivity contribution in [1.29, 1.82) is 0 Å². The Kier molecular flexibility index (Phi) is 4.57. The van der Waals surface area contributed by atoms with Crippen LogP contribution in [0.2, 0.25) is 0 Å². The van der Waals surface area contributed by atoms with Crippen LogP contribution in [0.3, 0.4) is 0 Å². The van der Waals surface area contributed by atoms with E-state index in [2.05, 4.69) is 51.2 Å². The van der Waals surface area contributed by atoms with Gasteiger partial charge in [0.15, 0.2) is 0 Å². The van der Waals surface area contributed by atoms with Gasteiger partial charge in [-0.25, -0.2) is 5.43 Å². The van der Waals surface area contributed by atoms with Crippen molar-refractivity contribution < 1.29 is 4.79 Å². The summed E-state index contributed by atoms with van der Waals surface area (Å²) >= 11 is 3.45. The van der Waals surface area contributed by atoms with Gasteiger partial charge in [0.2, 0.25) is 0 Å². The monoisotopic (exact) mass is 359 g/mol. The highest BCUT2D eigenvalue weighted by molar-refractivity contribution is 9.10. The van der Waals surface area contributed by atoms with Crippen LogP contribution in [0.1, 0.15) is 28.9 Å². The van der Waals surface area contributed by atoms with Gasteiger partial charge in [0, 0.05) is 16.1 Å². The van der Waals surface area contributed by atoms with Crippen LogP contribution in [0.5, 0.6) is 0 Å². The lowest BCUT2D eigenvalue weighted by Gasteiger charge is -2.23. The minimum absolute atomic E-state index is 0.0196. The Bertz CT molecular complexity index is 645. The van der Waals surface area contributed by atoms with Crippen molar-refractivity contribution in [3.63, 3.8) is 0 Å². The van der Waals surface area contributed by atoms with E-state index in [4.69, 9.17) is 0 Å². The second kappa shape index (κ2) is 6.60. The Morgan fingerprint density at radius 3 is 2.41 bits per heavy atom. The fourth-order valence-electron chi connectivity index (χ4n) is 2.68. The minimum atomic E-state index is -0.0509. The molecule has 114 valence electrons. The largest absolute Gasteiger partial charge is 0.346 e. The van der Waals surface area contributed by atoms with E-state index in [1.807, 2.05) is 42.5 Å². The number of benzene rings is 2. The van der Waals surface area contributed by atoms with Crippen LogP contribution in [-0.2, 0) is 0 Å². The number of amides is 1. The topological polar surface area (TPSA) is 53.2 Å². The molecule has 0 saturated carbocycles. The highest BCUT2D eigenvalue weighted by Gasteiger charge is 2.35. The highest BCUT2D eigenvalue weighted by Crippen LogP contribution is 2.24. The quantitative estimate of drug-likeness (QED) is 0.789. The first-order valence-corrected chi connectivity index (χ1v) is 8.07. The molecule has 3 unspecified atom stereocenters. The van der Waals surface area contributed by atoms with Crippen LogP contribution < -0.4 is 16.2 Å². The Labute approximate surface area is 138 Å². The molecule has 2 aromatic rings. The molecule has 1 saturated heterocycles. The van der Waals surface area contributed by atoms with Crippen LogP contribution in [0.15, 0.2) is 59.1 Å². The van der Waals surface area contributed by atoms with Crippen molar-refractivity contribution in [2.45, 2.75) is 25.0 Å². The summed E-state index contributed by atoms with van der Waals surface area (Å²) in [7, 11) is 0. The van der Waals surface area contributed by atoms with Crippen molar-refractivity contribution in [3.05, 3.63) is 70.2 Å². The normalized spacial score (nSPS) is 24.2. The maximum atomic E-state index is 12.4. The van der Waals surface area contributed by atoms with Crippen LogP contribution in [0, 0.1) is 0 Å². The SMILES string of the molecule is CC1NNC(c2ccc(Br)cc2)C1NC(=O)c1ccccc1. The molecule has 2 aromatic carbocycles. The van der Waals surface area contributed by atoms with Gasteiger partial charge in [0.1, 0.15) is 0 Å². The zero-order chi connectivity index (χ0) is 15.5. The van der Waals surface area contributed by atoms with Gasteiger partial charge in [-0.3, -0.25) is 10.2 Å². The molecule has 3 atom stereocenters. The molecule has 1 aliphatic heterocycles. The predicted molar refractivity (Wildman–Crippen MR) is 90.3 cm³/mol. The van der Waals surface area contributed by atoms with Crippen LogP contribution in [-0.4, -0.2) is 18.0 Å². The summed E-state index contributed by atoms with van der Waals surface area (Å²) in [6.07, 6.45) is 0. The van der Waals surface area contributed by atoms with E-state index >= 15 is 0 Å². The van der Waals surface area contributed by atoms with E-state index in [0.717, 1.165) is 10.0 Å². The average Bonchev–Trinajstić information content (AvgIpc) is 2.90. The third-order valence-corrected chi connectivity index (χ3v) is 4.46. The second-order valence-corrected chi connectivity index (χ2v) is 6.39. The number of halogens is 1. The van der Waals surface area contributed by atoms with E-state index in [-0.39, 0.29) is 24.0 Å². The molecule has 1 amide bonds. The van der Waals surface area contributed by atoms with Gasteiger partial charge >= 0.3 is 0 Å². The van der Waals surface area contributed by atoms with E-state index < -0.39 is 0 Å². The van der Waals surface area contributed by atoms with E-state index in [0.29, 0.717) is 5.56 Å². The number of carbonyl (C=O) groups excluding carboxylic acids is 1. The summed E-state index contributed by atoms with van der Waals surface area (Å²) in [5, 5.41) is 3.13.